The molecule has 1 aromatic carbocycles. The Bertz CT molecular complexity index is 485. The van der Waals surface area contributed by atoms with E-state index in [-0.39, 0.29) is 5.25 Å². The smallest absolute Gasteiger partial charge is 0.216 e. The zero-order chi connectivity index (χ0) is 11.5. The zero-order valence-electron chi connectivity index (χ0n) is 8.64. The van der Waals surface area contributed by atoms with Gasteiger partial charge in [-0.15, -0.1) is 5.10 Å². The summed E-state index contributed by atoms with van der Waals surface area (Å²) in [5, 5.41) is 8.14. The quantitative estimate of drug-likeness (QED) is 0.827. The lowest BCUT2D eigenvalue weighted by Gasteiger charge is -2.10. The van der Waals surface area contributed by atoms with Gasteiger partial charge in [0, 0.05) is 10.3 Å². The molecule has 0 bridgehead atoms. The van der Waals surface area contributed by atoms with E-state index >= 15 is 0 Å². The highest BCUT2D eigenvalue weighted by Gasteiger charge is 2.13. The number of nitrogens with zero attached hydrogens (tertiary/aromatic N) is 2. The molecular weight excluding hydrogens is 244 g/mol. The number of aromatic amines is 1. The summed E-state index contributed by atoms with van der Waals surface area (Å²) < 4.78 is 0. The highest BCUT2D eigenvalue weighted by Crippen LogP contribution is 2.36. The van der Waals surface area contributed by atoms with E-state index in [1.54, 1.807) is 0 Å². The molecule has 3 N–H and O–H groups in total. The molecule has 1 aromatic heterocycles. The number of aromatic nitrogens is 3. The van der Waals surface area contributed by atoms with Gasteiger partial charge in [0.25, 0.3) is 0 Å². The number of H-pyrrole nitrogens is 1. The fourth-order valence-corrected chi connectivity index (χ4v) is 2.60. The molecule has 1 atom stereocenters. The molecule has 0 fully saturated rings. The van der Waals surface area contributed by atoms with Gasteiger partial charge in [0.2, 0.25) is 11.1 Å². The first-order valence-corrected chi connectivity index (χ1v) is 6.01. The Morgan fingerprint density at radius 2 is 2.19 bits per heavy atom. The number of hydrogen-bond acceptors (Lipinski definition) is 4. The molecule has 2 aromatic rings. The van der Waals surface area contributed by atoms with E-state index in [9.17, 15) is 0 Å². The number of benzene rings is 1. The van der Waals surface area contributed by atoms with Crippen LogP contribution in [0.2, 0.25) is 5.02 Å². The van der Waals surface area contributed by atoms with Crippen molar-refractivity contribution < 1.29 is 0 Å². The standard InChI is InChI=1S/C10H11ClN4S/c1-6(7-4-2-3-5-8(7)11)16-10-13-9(12)14-15-10/h2-6H,1H3,(H3,12,13,14,15). The Kier molecular flexibility index (Phi) is 3.36. The summed E-state index contributed by atoms with van der Waals surface area (Å²) in [4.78, 5) is 4.04. The second kappa shape index (κ2) is 4.76. The third-order valence-electron chi connectivity index (χ3n) is 2.11. The van der Waals surface area contributed by atoms with Crippen LogP contribution >= 0.6 is 23.4 Å². The topological polar surface area (TPSA) is 67.6 Å². The molecule has 84 valence electrons. The minimum Gasteiger partial charge on any atom is -0.368 e. The summed E-state index contributed by atoms with van der Waals surface area (Å²) in [6.45, 7) is 2.05. The van der Waals surface area contributed by atoms with Crippen molar-refractivity contribution in [3.8, 4) is 0 Å². The van der Waals surface area contributed by atoms with Gasteiger partial charge in [-0.05, 0) is 18.6 Å². The minimum atomic E-state index is 0.184. The fraction of sp³-hybridized carbons (Fsp3) is 0.200. The van der Waals surface area contributed by atoms with Gasteiger partial charge in [-0.3, -0.25) is 0 Å². The summed E-state index contributed by atoms with van der Waals surface area (Å²) in [5.74, 6) is 0.328. The first-order valence-electron chi connectivity index (χ1n) is 4.76. The van der Waals surface area contributed by atoms with Crippen LogP contribution in [-0.2, 0) is 0 Å². The molecule has 0 saturated carbocycles. The summed E-state index contributed by atoms with van der Waals surface area (Å²) >= 11 is 7.62. The van der Waals surface area contributed by atoms with Gasteiger partial charge >= 0.3 is 0 Å². The van der Waals surface area contributed by atoms with Crippen LogP contribution in [0.5, 0.6) is 0 Å². The van der Waals surface area contributed by atoms with Gasteiger partial charge in [-0.2, -0.15) is 4.98 Å². The van der Waals surface area contributed by atoms with Gasteiger partial charge in [-0.25, -0.2) is 5.10 Å². The predicted octanol–water partition coefficient (Wildman–Crippen LogP) is 2.89. The molecule has 0 saturated heterocycles. The predicted molar refractivity (Wildman–Crippen MR) is 66.5 cm³/mol. The third-order valence-corrected chi connectivity index (χ3v) is 3.45. The zero-order valence-corrected chi connectivity index (χ0v) is 10.2. The van der Waals surface area contributed by atoms with Crippen LogP contribution in [-0.4, -0.2) is 15.2 Å². The Hall–Kier alpha value is -1.20. The van der Waals surface area contributed by atoms with Crippen LogP contribution in [0.1, 0.15) is 17.7 Å². The maximum Gasteiger partial charge on any atom is 0.216 e. The van der Waals surface area contributed by atoms with Crippen molar-refractivity contribution in [3.05, 3.63) is 34.9 Å². The van der Waals surface area contributed by atoms with Gasteiger partial charge < -0.3 is 5.73 Å². The van der Waals surface area contributed by atoms with Crippen molar-refractivity contribution in [2.45, 2.75) is 17.3 Å². The average molecular weight is 255 g/mol. The molecule has 0 amide bonds. The van der Waals surface area contributed by atoms with E-state index in [0.717, 1.165) is 10.6 Å². The molecular formula is C10H11ClN4S. The SMILES string of the molecule is CC(Sc1n[nH]c(N)n1)c1ccccc1Cl. The summed E-state index contributed by atoms with van der Waals surface area (Å²) in [6.07, 6.45) is 0. The van der Waals surface area contributed by atoms with E-state index in [1.807, 2.05) is 24.3 Å². The first-order chi connectivity index (χ1) is 7.66. The molecule has 16 heavy (non-hydrogen) atoms. The number of anilines is 1. The number of halogens is 1. The molecule has 0 spiro atoms. The highest BCUT2D eigenvalue weighted by molar-refractivity contribution is 7.99. The fourth-order valence-electron chi connectivity index (χ4n) is 1.34. The Morgan fingerprint density at radius 3 is 2.81 bits per heavy atom. The van der Waals surface area contributed by atoms with Crippen molar-refractivity contribution in [2.75, 3.05) is 5.73 Å². The van der Waals surface area contributed by atoms with E-state index < -0.39 is 0 Å². The van der Waals surface area contributed by atoms with Crippen LogP contribution in [0.3, 0.4) is 0 Å². The molecule has 2 rings (SSSR count). The molecule has 4 nitrogen and oxygen atoms in total. The van der Waals surface area contributed by atoms with Crippen molar-refractivity contribution in [1.29, 1.82) is 0 Å². The van der Waals surface area contributed by atoms with Crippen molar-refractivity contribution in [2.24, 2.45) is 0 Å². The highest BCUT2D eigenvalue weighted by atomic mass is 35.5. The lowest BCUT2D eigenvalue weighted by atomic mass is 10.2. The Labute approximate surface area is 103 Å². The molecule has 0 aliphatic rings. The van der Waals surface area contributed by atoms with Crippen LogP contribution in [0.15, 0.2) is 29.4 Å². The van der Waals surface area contributed by atoms with E-state index in [4.69, 9.17) is 17.3 Å². The molecule has 6 heteroatoms. The van der Waals surface area contributed by atoms with Crippen LogP contribution in [0.4, 0.5) is 5.95 Å². The molecule has 0 aliphatic heterocycles. The number of nitrogens with one attached hydrogen (secondary N) is 1. The minimum absolute atomic E-state index is 0.184. The van der Waals surface area contributed by atoms with Crippen molar-refractivity contribution >= 4 is 29.3 Å². The van der Waals surface area contributed by atoms with Crippen LogP contribution in [0.25, 0.3) is 0 Å². The summed E-state index contributed by atoms with van der Waals surface area (Å²) in [5.41, 5.74) is 6.52. The molecule has 0 radical (unpaired) electrons. The lowest BCUT2D eigenvalue weighted by Crippen LogP contribution is -1.90. The van der Waals surface area contributed by atoms with Crippen molar-refractivity contribution in [3.63, 3.8) is 0 Å². The number of thioether (sulfide) groups is 1. The molecule has 0 aliphatic carbocycles. The first kappa shape index (κ1) is 11.3. The third kappa shape index (κ3) is 2.48. The summed E-state index contributed by atoms with van der Waals surface area (Å²) in [7, 11) is 0. The Balaban J connectivity index is 2.14. The monoisotopic (exact) mass is 254 g/mol. The lowest BCUT2D eigenvalue weighted by molar-refractivity contribution is 0.960. The maximum absolute atomic E-state index is 6.10. The van der Waals surface area contributed by atoms with E-state index in [0.29, 0.717) is 11.1 Å². The normalized spacial score (nSPS) is 12.6. The summed E-state index contributed by atoms with van der Waals surface area (Å²) in [6, 6.07) is 7.74. The largest absolute Gasteiger partial charge is 0.368 e. The van der Waals surface area contributed by atoms with Gasteiger partial charge in [0.1, 0.15) is 0 Å². The second-order valence-electron chi connectivity index (χ2n) is 3.28. The number of hydrogen-bond donors (Lipinski definition) is 2. The van der Waals surface area contributed by atoms with Gasteiger partial charge in [-0.1, -0.05) is 41.6 Å². The van der Waals surface area contributed by atoms with E-state index in [1.165, 1.54) is 11.8 Å². The Morgan fingerprint density at radius 1 is 1.44 bits per heavy atom. The number of nitrogen functional groups attached to an aromatic ring is 1. The average Bonchev–Trinajstić information content (AvgIpc) is 2.64. The number of nitrogens with two attached hydrogens (primary N) is 1. The molecule has 1 heterocycles. The van der Waals surface area contributed by atoms with Crippen LogP contribution < -0.4 is 5.73 Å². The van der Waals surface area contributed by atoms with Crippen molar-refractivity contribution in [1.82, 2.24) is 15.2 Å². The van der Waals surface area contributed by atoms with E-state index in [2.05, 4.69) is 22.1 Å². The molecule has 1 unspecified atom stereocenters. The maximum atomic E-state index is 6.10. The second-order valence-corrected chi connectivity index (χ2v) is 5.00. The van der Waals surface area contributed by atoms with Gasteiger partial charge in [0.15, 0.2) is 0 Å². The van der Waals surface area contributed by atoms with Crippen LogP contribution in [0, 0.1) is 0 Å². The van der Waals surface area contributed by atoms with Gasteiger partial charge in [0.05, 0.1) is 0 Å². The number of rotatable bonds is 3.